The summed E-state index contributed by atoms with van der Waals surface area (Å²) in [6.45, 7) is 3.80. The number of hydrogen-bond donors (Lipinski definition) is 3. The van der Waals surface area contributed by atoms with E-state index in [-0.39, 0.29) is 23.4 Å². The monoisotopic (exact) mass is 361 g/mol. The Labute approximate surface area is 149 Å². The molecule has 0 heterocycles. The minimum absolute atomic E-state index is 0.0839. The lowest BCUT2D eigenvalue weighted by Gasteiger charge is -2.12. The summed E-state index contributed by atoms with van der Waals surface area (Å²) in [6.07, 6.45) is 1.58. The minimum Gasteiger partial charge on any atom is -0.376 e. The van der Waals surface area contributed by atoms with Crippen molar-refractivity contribution in [1.82, 2.24) is 5.32 Å². The molecule has 2 rings (SSSR count). The molecule has 0 radical (unpaired) electrons. The van der Waals surface area contributed by atoms with Crippen molar-refractivity contribution in [3.05, 3.63) is 71.5 Å². The third kappa shape index (κ3) is 5.32. The molecule has 7 heteroatoms. The van der Waals surface area contributed by atoms with Gasteiger partial charge in [-0.1, -0.05) is 29.8 Å². The number of amides is 2. The maximum Gasteiger partial charge on any atom is 0.253 e. The summed E-state index contributed by atoms with van der Waals surface area (Å²) in [5.74, 6) is -1.14. The highest BCUT2D eigenvalue weighted by atomic mass is 35.5. The van der Waals surface area contributed by atoms with Crippen LogP contribution in [0.3, 0.4) is 0 Å². The van der Waals surface area contributed by atoms with Crippen LogP contribution in [-0.2, 0) is 4.79 Å². The average molecular weight is 362 g/mol. The summed E-state index contributed by atoms with van der Waals surface area (Å²) < 4.78 is 13.0. The first-order chi connectivity index (χ1) is 12.0. The predicted octanol–water partition coefficient (Wildman–Crippen LogP) is 3.45. The zero-order chi connectivity index (χ0) is 18.2. The van der Waals surface area contributed by atoms with Crippen LogP contribution >= 0.6 is 11.6 Å². The highest BCUT2D eigenvalue weighted by molar-refractivity contribution is 6.33. The van der Waals surface area contributed by atoms with E-state index in [1.54, 1.807) is 30.3 Å². The van der Waals surface area contributed by atoms with Crippen molar-refractivity contribution < 1.29 is 14.0 Å². The summed E-state index contributed by atoms with van der Waals surface area (Å²) in [4.78, 5) is 24.1. The van der Waals surface area contributed by atoms with E-state index in [9.17, 15) is 14.0 Å². The smallest absolute Gasteiger partial charge is 0.253 e. The molecule has 2 aromatic rings. The van der Waals surface area contributed by atoms with Gasteiger partial charge < -0.3 is 16.0 Å². The second-order valence-corrected chi connectivity index (χ2v) is 5.48. The van der Waals surface area contributed by atoms with Crippen LogP contribution < -0.4 is 16.0 Å². The molecule has 0 spiro atoms. The van der Waals surface area contributed by atoms with Gasteiger partial charge in [0.25, 0.3) is 5.91 Å². The van der Waals surface area contributed by atoms with E-state index in [0.29, 0.717) is 23.5 Å². The van der Waals surface area contributed by atoms with Crippen LogP contribution in [0.1, 0.15) is 10.4 Å². The molecule has 3 N–H and O–H groups in total. The first kappa shape index (κ1) is 18.5. The SMILES string of the molecule is C=CCNC(=O)c1ccccc1NCC(=O)Nc1ccc(F)cc1Cl. The van der Waals surface area contributed by atoms with Crippen molar-refractivity contribution in [1.29, 1.82) is 0 Å². The van der Waals surface area contributed by atoms with E-state index in [0.717, 1.165) is 6.07 Å². The Morgan fingerprint density at radius 2 is 1.92 bits per heavy atom. The molecule has 130 valence electrons. The van der Waals surface area contributed by atoms with E-state index >= 15 is 0 Å². The van der Waals surface area contributed by atoms with Crippen LogP contribution in [0.2, 0.25) is 5.02 Å². The van der Waals surface area contributed by atoms with Gasteiger partial charge in [0.2, 0.25) is 5.91 Å². The summed E-state index contributed by atoms with van der Waals surface area (Å²) in [7, 11) is 0. The van der Waals surface area contributed by atoms with E-state index in [1.165, 1.54) is 12.1 Å². The topological polar surface area (TPSA) is 70.2 Å². The third-order valence-corrected chi connectivity index (χ3v) is 3.54. The Bertz CT molecular complexity index is 796. The molecule has 0 saturated carbocycles. The Morgan fingerprint density at radius 3 is 2.64 bits per heavy atom. The van der Waals surface area contributed by atoms with Gasteiger partial charge in [0.1, 0.15) is 5.82 Å². The van der Waals surface area contributed by atoms with E-state index in [1.807, 2.05) is 0 Å². The van der Waals surface area contributed by atoms with Crippen LogP contribution in [0, 0.1) is 5.82 Å². The van der Waals surface area contributed by atoms with Crippen molar-refractivity contribution in [3.8, 4) is 0 Å². The number of nitrogens with one attached hydrogen (secondary N) is 3. The van der Waals surface area contributed by atoms with Gasteiger partial charge in [0.15, 0.2) is 0 Å². The number of benzene rings is 2. The predicted molar refractivity (Wildman–Crippen MR) is 97.5 cm³/mol. The number of carbonyl (C=O) groups is 2. The highest BCUT2D eigenvalue weighted by Crippen LogP contribution is 2.22. The summed E-state index contributed by atoms with van der Waals surface area (Å²) >= 11 is 5.87. The molecule has 2 amide bonds. The number of para-hydroxylation sites is 1. The lowest BCUT2D eigenvalue weighted by Crippen LogP contribution is -2.26. The summed E-state index contributed by atoms with van der Waals surface area (Å²) in [5, 5.41) is 8.27. The molecule has 0 fully saturated rings. The number of halogens is 2. The standard InChI is InChI=1S/C18H17ClFN3O2/c1-2-9-21-18(25)13-5-3-4-6-15(13)22-11-17(24)23-16-8-7-12(20)10-14(16)19/h2-8,10,22H,1,9,11H2,(H,21,25)(H,23,24). The number of carbonyl (C=O) groups excluding carboxylic acids is 2. The fraction of sp³-hybridized carbons (Fsp3) is 0.111. The maximum atomic E-state index is 13.0. The van der Waals surface area contributed by atoms with E-state index < -0.39 is 5.82 Å². The fourth-order valence-corrected chi connectivity index (χ4v) is 2.27. The lowest BCUT2D eigenvalue weighted by atomic mass is 10.1. The van der Waals surface area contributed by atoms with Gasteiger partial charge in [0.05, 0.1) is 22.8 Å². The zero-order valence-corrected chi connectivity index (χ0v) is 14.1. The van der Waals surface area contributed by atoms with Crippen molar-refractivity contribution in [2.45, 2.75) is 0 Å². The number of rotatable bonds is 7. The Hall–Kier alpha value is -2.86. The van der Waals surface area contributed by atoms with Crippen LogP contribution in [0.4, 0.5) is 15.8 Å². The van der Waals surface area contributed by atoms with Gasteiger partial charge in [0, 0.05) is 12.2 Å². The van der Waals surface area contributed by atoms with E-state index in [4.69, 9.17) is 11.6 Å². The number of anilines is 2. The molecule has 0 aliphatic carbocycles. The van der Waals surface area contributed by atoms with E-state index in [2.05, 4.69) is 22.5 Å². The van der Waals surface area contributed by atoms with Gasteiger partial charge in [-0.05, 0) is 30.3 Å². The molecule has 0 unspecified atom stereocenters. The Kier molecular flexibility index (Phi) is 6.54. The average Bonchev–Trinajstić information content (AvgIpc) is 2.60. The minimum atomic E-state index is -0.486. The first-order valence-electron chi connectivity index (χ1n) is 7.48. The zero-order valence-electron chi connectivity index (χ0n) is 13.3. The molecule has 5 nitrogen and oxygen atoms in total. The molecule has 0 aromatic heterocycles. The molecule has 0 aliphatic heterocycles. The molecule has 0 bridgehead atoms. The van der Waals surface area contributed by atoms with Gasteiger partial charge in [-0.15, -0.1) is 6.58 Å². The van der Waals surface area contributed by atoms with Crippen LogP contribution in [-0.4, -0.2) is 24.9 Å². The molecule has 25 heavy (non-hydrogen) atoms. The molecular weight excluding hydrogens is 345 g/mol. The Morgan fingerprint density at radius 1 is 1.16 bits per heavy atom. The highest BCUT2D eigenvalue weighted by Gasteiger charge is 2.12. The second-order valence-electron chi connectivity index (χ2n) is 5.07. The van der Waals surface area contributed by atoms with Crippen LogP contribution in [0.25, 0.3) is 0 Å². The third-order valence-electron chi connectivity index (χ3n) is 3.22. The molecular formula is C18H17ClFN3O2. The van der Waals surface area contributed by atoms with Crippen LogP contribution in [0.5, 0.6) is 0 Å². The van der Waals surface area contributed by atoms with Crippen LogP contribution in [0.15, 0.2) is 55.1 Å². The molecule has 2 aromatic carbocycles. The van der Waals surface area contributed by atoms with Crippen molar-refractivity contribution in [2.24, 2.45) is 0 Å². The lowest BCUT2D eigenvalue weighted by molar-refractivity contribution is -0.114. The van der Waals surface area contributed by atoms with Crippen molar-refractivity contribution >= 4 is 34.8 Å². The van der Waals surface area contributed by atoms with Gasteiger partial charge >= 0.3 is 0 Å². The van der Waals surface area contributed by atoms with Gasteiger partial charge in [-0.3, -0.25) is 9.59 Å². The molecule has 0 aliphatic rings. The summed E-state index contributed by atoms with van der Waals surface area (Å²) in [5.41, 5.74) is 1.24. The maximum absolute atomic E-state index is 13.0. The first-order valence-corrected chi connectivity index (χ1v) is 7.86. The quantitative estimate of drug-likeness (QED) is 0.661. The molecule has 0 atom stereocenters. The van der Waals surface area contributed by atoms with Gasteiger partial charge in [-0.25, -0.2) is 4.39 Å². The normalized spacial score (nSPS) is 10.0. The summed E-state index contributed by atoms with van der Waals surface area (Å²) in [6, 6.07) is 10.5. The van der Waals surface area contributed by atoms with Crippen molar-refractivity contribution in [3.63, 3.8) is 0 Å². The second kappa shape index (κ2) is 8.84. The fourth-order valence-electron chi connectivity index (χ4n) is 2.06. The van der Waals surface area contributed by atoms with Crippen molar-refractivity contribution in [2.75, 3.05) is 23.7 Å². The van der Waals surface area contributed by atoms with Gasteiger partial charge in [-0.2, -0.15) is 0 Å². The largest absolute Gasteiger partial charge is 0.376 e. The Balaban J connectivity index is 2.00. The molecule has 0 saturated heterocycles. The number of hydrogen-bond acceptors (Lipinski definition) is 3.